The lowest BCUT2D eigenvalue weighted by atomic mass is 9.98. The van der Waals surface area contributed by atoms with Gasteiger partial charge in [-0.05, 0) is 36.1 Å². The Morgan fingerprint density at radius 1 is 1.07 bits per heavy atom. The largest absolute Gasteiger partial charge is 0.479 e. The number of rotatable bonds is 7. The lowest BCUT2D eigenvalue weighted by Gasteiger charge is -2.20. The van der Waals surface area contributed by atoms with E-state index in [4.69, 9.17) is 9.84 Å². The summed E-state index contributed by atoms with van der Waals surface area (Å²) in [7, 11) is 0. The third-order valence-electron chi connectivity index (χ3n) is 5.14. The normalized spacial score (nSPS) is 15.3. The monoisotopic (exact) mass is 412 g/mol. The number of ether oxygens (including phenoxy) is 1. The Hall–Kier alpha value is -3.39. The van der Waals surface area contributed by atoms with Gasteiger partial charge in [-0.25, -0.2) is 9.59 Å². The quantitative estimate of drug-likeness (QED) is 0.550. The van der Waals surface area contributed by atoms with Gasteiger partial charge in [-0.2, -0.15) is 0 Å². The van der Waals surface area contributed by atoms with E-state index in [1.807, 2.05) is 48.5 Å². The minimum atomic E-state index is -2.10. The van der Waals surface area contributed by atoms with E-state index in [2.05, 4.69) is 10.6 Å². The third kappa shape index (κ3) is 4.44. The molecular weight excluding hydrogens is 388 g/mol. The zero-order valence-corrected chi connectivity index (χ0v) is 16.7. The summed E-state index contributed by atoms with van der Waals surface area (Å²) >= 11 is 0. The number of alkyl carbamates (subject to hydrolysis) is 1. The van der Waals surface area contributed by atoms with Gasteiger partial charge in [0.1, 0.15) is 12.6 Å². The summed E-state index contributed by atoms with van der Waals surface area (Å²) in [6.45, 7) is 2.13. The maximum Gasteiger partial charge on any atom is 0.407 e. The van der Waals surface area contributed by atoms with E-state index >= 15 is 0 Å². The summed E-state index contributed by atoms with van der Waals surface area (Å²) in [4.78, 5) is 35.1. The number of carbonyl (C=O) groups is 3. The maximum absolute atomic E-state index is 12.2. The number of hydrogen-bond donors (Lipinski definition) is 4. The standard InChI is InChI=1S/C22H24N2O6/c1-13(19(25)23-12-22(2,29)20(26)27)24-21(28)30-11-18-16-9-5-3-7-14(16)15-8-4-6-10-17(15)18/h3-10,13,18,29H,11-12H2,1-2H3,(H,23,25)(H,24,28)(H,26,27)/t13-,22?/m1/s1. The summed E-state index contributed by atoms with van der Waals surface area (Å²) in [5.41, 5.74) is 2.28. The molecule has 0 fully saturated rings. The first-order valence-corrected chi connectivity index (χ1v) is 9.55. The number of aliphatic hydroxyl groups is 1. The molecule has 0 saturated heterocycles. The van der Waals surface area contributed by atoms with Crippen molar-refractivity contribution in [3.63, 3.8) is 0 Å². The first-order valence-electron chi connectivity index (χ1n) is 9.55. The summed E-state index contributed by atoms with van der Waals surface area (Å²) in [6, 6.07) is 14.9. The van der Waals surface area contributed by atoms with Gasteiger partial charge in [0, 0.05) is 5.92 Å². The summed E-state index contributed by atoms with van der Waals surface area (Å²) < 4.78 is 5.37. The molecular formula is C22H24N2O6. The average Bonchev–Trinajstić information content (AvgIpc) is 3.04. The number of aliphatic carboxylic acids is 1. The van der Waals surface area contributed by atoms with Gasteiger partial charge in [0.25, 0.3) is 0 Å². The molecule has 1 unspecified atom stereocenters. The highest BCUT2D eigenvalue weighted by Gasteiger charge is 2.32. The Balaban J connectivity index is 1.56. The van der Waals surface area contributed by atoms with E-state index in [1.165, 1.54) is 6.92 Å². The van der Waals surface area contributed by atoms with Crippen LogP contribution in [0, 0.1) is 0 Å². The zero-order valence-electron chi connectivity index (χ0n) is 16.7. The first-order chi connectivity index (χ1) is 14.2. The van der Waals surface area contributed by atoms with Crippen LogP contribution >= 0.6 is 0 Å². The number of hydrogen-bond acceptors (Lipinski definition) is 5. The van der Waals surface area contributed by atoms with Gasteiger partial charge in [0.15, 0.2) is 5.60 Å². The molecule has 0 radical (unpaired) electrons. The molecule has 2 amide bonds. The van der Waals surface area contributed by atoms with E-state index in [1.54, 1.807) is 0 Å². The zero-order chi connectivity index (χ0) is 21.9. The smallest absolute Gasteiger partial charge is 0.407 e. The highest BCUT2D eigenvalue weighted by molar-refractivity contribution is 5.86. The van der Waals surface area contributed by atoms with Crippen molar-refractivity contribution < 1.29 is 29.3 Å². The molecule has 1 aliphatic rings. The van der Waals surface area contributed by atoms with Crippen molar-refractivity contribution in [3.05, 3.63) is 59.7 Å². The Bertz CT molecular complexity index is 926. The second kappa shape index (κ2) is 8.54. The van der Waals surface area contributed by atoms with Crippen molar-refractivity contribution in [2.45, 2.75) is 31.4 Å². The van der Waals surface area contributed by atoms with Crippen molar-refractivity contribution in [3.8, 4) is 11.1 Å². The molecule has 0 aliphatic heterocycles. The van der Waals surface area contributed by atoms with Crippen LogP contribution in [0.3, 0.4) is 0 Å². The molecule has 2 atom stereocenters. The number of fused-ring (bicyclic) bond motifs is 3. The topological polar surface area (TPSA) is 125 Å². The van der Waals surface area contributed by atoms with Crippen LogP contribution in [0.25, 0.3) is 11.1 Å². The summed E-state index contributed by atoms with van der Waals surface area (Å²) in [5.74, 6) is -2.19. The van der Waals surface area contributed by atoms with Gasteiger partial charge in [-0.1, -0.05) is 48.5 Å². The van der Waals surface area contributed by atoms with E-state index in [9.17, 15) is 19.5 Å². The number of amides is 2. The summed E-state index contributed by atoms with van der Waals surface area (Å²) in [5, 5.41) is 23.2. The van der Waals surface area contributed by atoms with Gasteiger partial charge in [0.2, 0.25) is 5.91 Å². The second-order valence-electron chi connectivity index (χ2n) is 7.49. The van der Waals surface area contributed by atoms with Crippen molar-refractivity contribution in [1.82, 2.24) is 10.6 Å². The molecule has 1 aliphatic carbocycles. The van der Waals surface area contributed by atoms with Crippen LogP contribution in [0.5, 0.6) is 0 Å². The maximum atomic E-state index is 12.2. The third-order valence-corrected chi connectivity index (χ3v) is 5.14. The summed E-state index contributed by atoms with van der Waals surface area (Å²) in [6.07, 6.45) is -0.760. The molecule has 30 heavy (non-hydrogen) atoms. The van der Waals surface area contributed by atoms with Crippen LogP contribution in [0.15, 0.2) is 48.5 Å². The van der Waals surface area contributed by atoms with Crippen molar-refractivity contribution >= 4 is 18.0 Å². The first kappa shape index (κ1) is 21.3. The number of carbonyl (C=O) groups excluding carboxylic acids is 2. The Morgan fingerprint density at radius 3 is 2.13 bits per heavy atom. The van der Waals surface area contributed by atoms with Gasteiger partial charge >= 0.3 is 12.1 Å². The van der Waals surface area contributed by atoms with Gasteiger partial charge < -0.3 is 25.6 Å². The predicted molar refractivity (Wildman–Crippen MR) is 109 cm³/mol. The molecule has 2 aromatic carbocycles. The molecule has 2 aromatic rings. The van der Waals surface area contributed by atoms with E-state index in [0.29, 0.717) is 0 Å². The van der Waals surface area contributed by atoms with Crippen LogP contribution in [0.2, 0.25) is 0 Å². The fraction of sp³-hybridized carbons (Fsp3) is 0.318. The Labute approximate surface area is 173 Å². The molecule has 0 saturated carbocycles. The molecule has 4 N–H and O–H groups in total. The molecule has 8 heteroatoms. The van der Waals surface area contributed by atoms with Crippen LogP contribution in [-0.4, -0.2) is 53.0 Å². The van der Waals surface area contributed by atoms with Crippen molar-refractivity contribution in [1.29, 1.82) is 0 Å². The molecule has 0 spiro atoms. The van der Waals surface area contributed by atoms with Gasteiger partial charge in [-0.15, -0.1) is 0 Å². The Morgan fingerprint density at radius 2 is 1.60 bits per heavy atom. The molecule has 3 rings (SSSR count). The van der Waals surface area contributed by atoms with Crippen LogP contribution in [-0.2, 0) is 14.3 Å². The lowest BCUT2D eigenvalue weighted by molar-refractivity contribution is -0.156. The molecule has 0 aromatic heterocycles. The highest BCUT2D eigenvalue weighted by Crippen LogP contribution is 2.44. The van der Waals surface area contributed by atoms with E-state index in [-0.39, 0.29) is 12.5 Å². The minimum absolute atomic E-state index is 0.0991. The van der Waals surface area contributed by atoms with Gasteiger partial charge in [0.05, 0.1) is 6.54 Å². The average molecular weight is 412 g/mol. The minimum Gasteiger partial charge on any atom is -0.479 e. The molecule has 0 bridgehead atoms. The lowest BCUT2D eigenvalue weighted by Crippen LogP contribution is -2.51. The van der Waals surface area contributed by atoms with Crippen molar-refractivity contribution in [2.24, 2.45) is 0 Å². The number of benzene rings is 2. The van der Waals surface area contributed by atoms with E-state index < -0.39 is 36.2 Å². The van der Waals surface area contributed by atoms with E-state index in [0.717, 1.165) is 29.2 Å². The predicted octanol–water partition coefficient (Wildman–Crippen LogP) is 1.87. The number of carboxylic acids is 1. The Kier molecular flexibility index (Phi) is 6.07. The van der Waals surface area contributed by atoms with Crippen LogP contribution in [0.1, 0.15) is 30.9 Å². The molecule has 158 valence electrons. The van der Waals surface area contributed by atoms with Crippen LogP contribution < -0.4 is 10.6 Å². The fourth-order valence-electron chi connectivity index (χ4n) is 3.37. The SMILES string of the molecule is C[C@@H](NC(=O)OCC1c2ccccc2-c2ccccc21)C(=O)NCC(C)(O)C(=O)O. The van der Waals surface area contributed by atoms with Crippen LogP contribution in [0.4, 0.5) is 4.79 Å². The van der Waals surface area contributed by atoms with Gasteiger partial charge in [-0.3, -0.25) is 4.79 Å². The fourth-order valence-corrected chi connectivity index (χ4v) is 3.37. The second-order valence-corrected chi connectivity index (χ2v) is 7.49. The number of nitrogens with one attached hydrogen (secondary N) is 2. The number of carboxylic acid groups (broad SMARTS) is 1. The molecule has 8 nitrogen and oxygen atoms in total. The van der Waals surface area contributed by atoms with Crippen molar-refractivity contribution in [2.75, 3.05) is 13.2 Å². The highest BCUT2D eigenvalue weighted by atomic mass is 16.5. The molecule has 0 heterocycles.